The smallest absolute Gasteiger partial charge is 0.160 e. The Labute approximate surface area is 129 Å². The van der Waals surface area contributed by atoms with Crippen LogP contribution < -0.4 is 5.32 Å². The molecule has 5 heteroatoms. The lowest BCUT2D eigenvalue weighted by atomic mass is 10.0. The van der Waals surface area contributed by atoms with Crippen LogP contribution in [0.25, 0.3) is 5.65 Å². The second kappa shape index (κ2) is 6.25. The van der Waals surface area contributed by atoms with Crippen molar-refractivity contribution in [3.05, 3.63) is 65.6 Å². The van der Waals surface area contributed by atoms with E-state index in [1.165, 1.54) is 0 Å². The first-order chi connectivity index (χ1) is 10.7. The molecule has 2 unspecified atom stereocenters. The third-order valence-electron chi connectivity index (χ3n) is 3.86. The summed E-state index contributed by atoms with van der Waals surface area (Å²) in [5.41, 5.74) is 2.92. The Morgan fingerprint density at radius 1 is 1.09 bits per heavy atom. The number of hydrogen-bond acceptors (Lipinski definition) is 4. The van der Waals surface area contributed by atoms with Gasteiger partial charge in [-0.25, -0.2) is 0 Å². The van der Waals surface area contributed by atoms with Crippen LogP contribution in [0.4, 0.5) is 0 Å². The topological polar surface area (TPSA) is 62.5 Å². The molecule has 2 aromatic heterocycles. The molecule has 2 atom stereocenters. The van der Waals surface area contributed by atoms with Crippen LogP contribution in [-0.2, 0) is 6.61 Å². The number of pyridine rings is 1. The zero-order valence-electron chi connectivity index (χ0n) is 12.8. The summed E-state index contributed by atoms with van der Waals surface area (Å²) in [6.45, 7) is 4.25. The summed E-state index contributed by atoms with van der Waals surface area (Å²) in [6.07, 6.45) is 1.97. The Hall–Kier alpha value is -2.24. The molecule has 3 aromatic rings. The van der Waals surface area contributed by atoms with Gasteiger partial charge in [-0.05, 0) is 37.1 Å². The van der Waals surface area contributed by atoms with Crippen LogP contribution in [0.2, 0.25) is 0 Å². The number of hydrogen-bond donors (Lipinski definition) is 2. The highest BCUT2D eigenvalue weighted by Gasteiger charge is 2.16. The quantitative estimate of drug-likeness (QED) is 0.760. The molecule has 0 radical (unpaired) electrons. The SMILES string of the molecule is CC(NC(C)c1nnc2ccccn12)c1cccc(CO)c1. The minimum atomic E-state index is 0.0604. The molecule has 5 nitrogen and oxygen atoms in total. The first-order valence-corrected chi connectivity index (χ1v) is 7.44. The number of rotatable bonds is 5. The third kappa shape index (κ3) is 2.86. The normalized spacial score (nSPS) is 14.1. The number of aliphatic hydroxyl groups excluding tert-OH is 1. The summed E-state index contributed by atoms with van der Waals surface area (Å²) in [6, 6.07) is 14.1. The van der Waals surface area contributed by atoms with Gasteiger partial charge >= 0.3 is 0 Å². The van der Waals surface area contributed by atoms with E-state index in [4.69, 9.17) is 0 Å². The molecule has 0 aliphatic carbocycles. The minimum absolute atomic E-state index is 0.0604. The fourth-order valence-corrected chi connectivity index (χ4v) is 2.66. The standard InChI is InChI=1S/C17H20N4O/c1-12(15-7-5-6-14(10-15)11-22)18-13(2)17-20-19-16-8-3-4-9-21(16)17/h3-10,12-13,18,22H,11H2,1-2H3. The van der Waals surface area contributed by atoms with Gasteiger partial charge in [0.2, 0.25) is 0 Å². The number of fused-ring (bicyclic) bond motifs is 1. The highest BCUT2D eigenvalue weighted by atomic mass is 16.3. The Balaban J connectivity index is 1.79. The van der Waals surface area contributed by atoms with Crippen LogP contribution >= 0.6 is 0 Å². The molecule has 22 heavy (non-hydrogen) atoms. The maximum Gasteiger partial charge on any atom is 0.160 e. The number of aliphatic hydroxyl groups is 1. The second-order valence-corrected chi connectivity index (χ2v) is 5.50. The summed E-state index contributed by atoms with van der Waals surface area (Å²) >= 11 is 0. The Bertz CT molecular complexity index is 768. The first kappa shape index (κ1) is 14.7. The predicted molar refractivity (Wildman–Crippen MR) is 85.3 cm³/mol. The van der Waals surface area contributed by atoms with E-state index in [9.17, 15) is 5.11 Å². The van der Waals surface area contributed by atoms with Gasteiger partial charge in [0, 0.05) is 12.2 Å². The van der Waals surface area contributed by atoms with Crippen molar-refractivity contribution >= 4 is 5.65 Å². The lowest BCUT2D eigenvalue weighted by molar-refractivity contribution is 0.281. The van der Waals surface area contributed by atoms with Crippen molar-refractivity contribution in [3.8, 4) is 0 Å². The lowest BCUT2D eigenvalue weighted by Gasteiger charge is -2.19. The van der Waals surface area contributed by atoms with E-state index in [0.29, 0.717) is 0 Å². The van der Waals surface area contributed by atoms with Crippen molar-refractivity contribution in [1.82, 2.24) is 19.9 Å². The van der Waals surface area contributed by atoms with Gasteiger partial charge < -0.3 is 10.4 Å². The molecule has 0 saturated carbocycles. The zero-order chi connectivity index (χ0) is 15.5. The van der Waals surface area contributed by atoms with Gasteiger partial charge in [-0.15, -0.1) is 10.2 Å². The van der Waals surface area contributed by atoms with Gasteiger partial charge in [0.15, 0.2) is 11.5 Å². The molecule has 0 saturated heterocycles. The van der Waals surface area contributed by atoms with Crippen LogP contribution in [0.15, 0.2) is 48.7 Å². The van der Waals surface area contributed by atoms with Gasteiger partial charge in [0.25, 0.3) is 0 Å². The molecule has 0 bridgehead atoms. The van der Waals surface area contributed by atoms with Crippen molar-refractivity contribution in [1.29, 1.82) is 0 Å². The highest BCUT2D eigenvalue weighted by Crippen LogP contribution is 2.19. The number of nitrogens with one attached hydrogen (secondary N) is 1. The van der Waals surface area contributed by atoms with E-state index in [1.54, 1.807) is 0 Å². The monoisotopic (exact) mass is 296 g/mol. The molecular weight excluding hydrogens is 276 g/mol. The fourth-order valence-electron chi connectivity index (χ4n) is 2.66. The second-order valence-electron chi connectivity index (χ2n) is 5.50. The molecule has 0 fully saturated rings. The maximum atomic E-state index is 9.25. The largest absolute Gasteiger partial charge is 0.392 e. The van der Waals surface area contributed by atoms with Crippen LogP contribution in [0.5, 0.6) is 0 Å². The van der Waals surface area contributed by atoms with E-state index in [1.807, 2.05) is 47.0 Å². The van der Waals surface area contributed by atoms with E-state index in [2.05, 4.69) is 35.4 Å². The zero-order valence-corrected chi connectivity index (χ0v) is 12.8. The Morgan fingerprint density at radius 2 is 1.95 bits per heavy atom. The number of aromatic nitrogens is 3. The number of benzene rings is 1. The highest BCUT2D eigenvalue weighted by molar-refractivity contribution is 5.37. The minimum Gasteiger partial charge on any atom is -0.392 e. The van der Waals surface area contributed by atoms with Crippen molar-refractivity contribution in [2.75, 3.05) is 0 Å². The van der Waals surface area contributed by atoms with Crippen molar-refractivity contribution in [3.63, 3.8) is 0 Å². The van der Waals surface area contributed by atoms with Gasteiger partial charge in [0.05, 0.1) is 12.6 Å². The summed E-state index contributed by atoms with van der Waals surface area (Å²) in [5, 5.41) is 21.3. The molecular formula is C17H20N4O. The maximum absolute atomic E-state index is 9.25. The lowest BCUT2D eigenvalue weighted by Crippen LogP contribution is -2.24. The summed E-state index contributed by atoms with van der Waals surface area (Å²) in [4.78, 5) is 0. The molecule has 2 heterocycles. The van der Waals surface area contributed by atoms with Crippen molar-refractivity contribution in [2.45, 2.75) is 32.5 Å². The molecule has 0 aliphatic heterocycles. The summed E-state index contributed by atoms with van der Waals surface area (Å²) in [7, 11) is 0. The van der Waals surface area contributed by atoms with Crippen LogP contribution in [0, 0.1) is 0 Å². The van der Waals surface area contributed by atoms with E-state index >= 15 is 0 Å². The van der Waals surface area contributed by atoms with Crippen molar-refractivity contribution < 1.29 is 5.11 Å². The van der Waals surface area contributed by atoms with E-state index < -0.39 is 0 Å². The van der Waals surface area contributed by atoms with Crippen LogP contribution in [0.1, 0.15) is 42.9 Å². The van der Waals surface area contributed by atoms with Crippen molar-refractivity contribution in [2.24, 2.45) is 0 Å². The average molecular weight is 296 g/mol. The van der Waals surface area contributed by atoms with Gasteiger partial charge in [-0.3, -0.25) is 4.40 Å². The Morgan fingerprint density at radius 3 is 2.77 bits per heavy atom. The van der Waals surface area contributed by atoms with Gasteiger partial charge in [-0.1, -0.05) is 30.3 Å². The summed E-state index contributed by atoms with van der Waals surface area (Å²) in [5.74, 6) is 0.890. The van der Waals surface area contributed by atoms with E-state index in [-0.39, 0.29) is 18.7 Å². The Kier molecular flexibility index (Phi) is 4.18. The molecule has 2 N–H and O–H groups in total. The molecule has 3 rings (SSSR count). The fraction of sp³-hybridized carbons (Fsp3) is 0.294. The predicted octanol–water partition coefficient (Wildman–Crippen LogP) is 2.63. The molecule has 114 valence electrons. The molecule has 0 amide bonds. The van der Waals surface area contributed by atoms with Crippen LogP contribution in [0.3, 0.4) is 0 Å². The van der Waals surface area contributed by atoms with E-state index in [0.717, 1.165) is 22.6 Å². The average Bonchev–Trinajstić information content (AvgIpc) is 2.99. The molecule has 0 aliphatic rings. The summed E-state index contributed by atoms with van der Waals surface area (Å²) < 4.78 is 1.99. The number of nitrogens with zero attached hydrogens (tertiary/aromatic N) is 3. The van der Waals surface area contributed by atoms with Gasteiger partial charge in [0.1, 0.15) is 0 Å². The van der Waals surface area contributed by atoms with Gasteiger partial charge in [-0.2, -0.15) is 0 Å². The first-order valence-electron chi connectivity index (χ1n) is 7.44. The molecule has 0 spiro atoms. The van der Waals surface area contributed by atoms with Crippen LogP contribution in [-0.4, -0.2) is 19.7 Å². The molecule has 1 aromatic carbocycles. The third-order valence-corrected chi connectivity index (χ3v) is 3.86.